The molecule has 1 aromatic rings. The van der Waals surface area contributed by atoms with Gasteiger partial charge in [0.2, 0.25) is 10.0 Å². The second kappa shape index (κ2) is 7.69. The van der Waals surface area contributed by atoms with E-state index in [1.807, 2.05) is 13.8 Å². The van der Waals surface area contributed by atoms with Crippen LogP contribution in [-0.2, 0) is 14.8 Å². The normalized spacial score (nSPS) is 22.3. The molecule has 1 aromatic carbocycles. The Morgan fingerprint density at radius 3 is 2.62 bits per heavy atom. The van der Waals surface area contributed by atoms with Gasteiger partial charge in [-0.2, -0.15) is 4.31 Å². The maximum atomic E-state index is 12.4. The summed E-state index contributed by atoms with van der Waals surface area (Å²) in [6.07, 6.45) is -0.331. The van der Waals surface area contributed by atoms with E-state index in [0.717, 1.165) is 0 Å². The van der Waals surface area contributed by atoms with Gasteiger partial charge in [0.1, 0.15) is 5.75 Å². The molecule has 24 heavy (non-hydrogen) atoms. The summed E-state index contributed by atoms with van der Waals surface area (Å²) in [5.41, 5.74) is 0.00788. The summed E-state index contributed by atoms with van der Waals surface area (Å²) >= 11 is 5.79. The fourth-order valence-corrected chi connectivity index (χ4v) is 4.23. The molecule has 0 saturated carbocycles. The topological polar surface area (TPSA) is 95.9 Å². The fraction of sp³-hybridized carbons (Fsp3) is 0.533. The van der Waals surface area contributed by atoms with Crippen molar-refractivity contribution in [2.24, 2.45) is 0 Å². The lowest BCUT2D eigenvalue weighted by atomic mass is 10.2. The van der Waals surface area contributed by atoms with Crippen LogP contribution in [0.5, 0.6) is 5.75 Å². The number of hydrogen-bond acceptors (Lipinski definition) is 5. The lowest BCUT2D eigenvalue weighted by molar-refractivity contribution is -0.0440. The third-order valence-corrected chi connectivity index (χ3v) is 5.67. The average molecular weight is 377 g/mol. The van der Waals surface area contributed by atoms with Crippen molar-refractivity contribution < 1.29 is 23.1 Å². The highest BCUT2D eigenvalue weighted by Crippen LogP contribution is 2.21. The van der Waals surface area contributed by atoms with Crippen LogP contribution >= 0.6 is 11.6 Å². The highest BCUT2D eigenvalue weighted by molar-refractivity contribution is 7.89. The van der Waals surface area contributed by atoms with Crippen molar-refractivity contribution in [1.82, 2.24) is 9.62 Å². The van der Waals surface area contributed by atoms with Crippen LogP contribution in [-0.4, -0.2) is 61.3 Å². The predicted octanol–water partition coefficient (Wildman–Crippen LogP) is 1.21. The molecule has 134 valence electrons. The minimum absolute atomic E-state index is 0.00788. The molecule has 7 nitrogen and oxygen atoms in total. The van der Waals surface area contributed by atoms with E-state index in [2.05, 4.69) is 5.32 Å². The molecule has 0 spiro atoms. The van der Waals surface area contributed by atoms with Crippen molar-refractivity contribution in [3.05, 3.63) is 28.8 Å². The van der Waals surface area contributed by atoms with Crippen LogP contribution in [0.4, 0.5) is 0 Å². The third-order valence-electron chi connectivity index (χ3n) is 3.63. The second-order valence-electron chi connectivity index (χ2n) is 5.81. The van der Waals surface area contributed by atoms with Crippen molar-refractivity contribution >= 4 is 27.5 Å². The number of phenols is 1. The van der Waals surface area contributed by atoms with Crippen LogP contribution in [0.2, 0.25) is 5.02 Å². The number of phenolic OH excluding ortho intramolecular Hbond substituents is 1. The Kier molecular flexibility index (Phi) is 6.08. The number of aromatic hydroxyl groups is 1. The molecule has 2 unspecified atom stereocenters. The minimum Gasteiger partial charge on any atom is -0.507 e. The van der Waals surface area contributed by atoms with E-state index in [4.69, 9.17) is 16.3 Å². The predicted molar refractivity (Wildman–Crippen MR) is 90.8 cm³/mol. The lowest BCUT2D eigenvalue weighted by Gasteiger charge is -2.34. The quantitative estimate of drug-likeness (QED) is 0.805. The number of amides is 1. The molecule has 0 aromatic heterocycles. The molecule has 2 rings (SSSR count). The third kappa shape index (κ3) is 4.83. The molecule has 1 aliphatic heterocycles. The number of hydrogen-bond donors (Lipinski definition) is 2. The zero-order chi connectivity index (χ0) is 17.9. The molecule has 0 bridgehead atoms. The smallest absolute Gasteiger partial charge is 0.255 e. The summed E-state index contributed by atoms with van der Waals surface area (Å²) < 4.78 is 31.6. The van der Waals surface area contributed by atoms with Crippen LogP contribution < -0.4 is 5.32 Å². The van der Waals surface area contributed by atoms with E-state index >= 15 is 0 Å². The summed E-state index contributed by atoms with van der Waals surface area (Å²) in [6.45, 7) is 4.18. The standard InChI is InChI=1S/C15H21ClN2O5S/c1-10-8-18(9-11(2)23-10)24(21,22)6-5-17-15(20)13-7-12(16)3-4-14(13)19/h3-4,7,10-11,19H,5-6,8-9H2,1-2H3,(H,17,20). The number of carbonyl (C=O) groups is 1. The van der Waals surface area contributed by atoms with Gasteiger partial charge in [-0.15, -0.1) is 0 Å². The van der Waals surface area contributed by atoms with Crippen LogP contribution in [0.3, 0.4) is 0 Å². The van der Waals surface area contributed by atoms with E-state index in [0.29, 0.717) is 18.1 Å². The van der Waals surface area contributed by atoms with Crippen molar-refractivity contribution in [1.29, 1.82) is 0 Å². The maximum Gasteiger partial charge on any atom is 0.255 e. The van der Waals surface area contributed by atoms with Crippen molar-refractivity contribution in [2.75, 3.05) is 25.4 Å². The number of nitrogens with zero attached hydrogens (tertiary/aromatic N) is 1. The van der Waals surface area contributed by atoms with Gasteiger partial charge in [-0.3, -0.25) is 4.79 Å². The molecule has 1 saturated heterocycles. The van der Waals surface area contributed by atoms with Gasteiger partial charge in [-0.1, -0.05) is 11.6 Å². The number of benzene rings is 1. The molecule has 1 fully saturated rings. The average Bonchev–Trinajstić information content (AvgIpc) is 2.48. The number of halogens is 1. The Morgan fingerprint density at radius 1 is 1.38 bits per heavy atom. The minimum atomic E-state index is -3.50. The van der Waals surface area contributed by atoms with E-state index in [9.17, 15) is 18.3 Å². The largest absolute Gasteiger partial charge is 0.507 e. The Bertz CT molecular complexity index is 700. The Morgan fingerprint density at radius 2 is 2.00 bits per heavy atom. The summed E-state index contributed by atoms with van der Waals surface area (Å²) in [6, 6.07) is 4.09. The monoisotopic (exact) mass is 376 g/mol. The molecular weight excluding hydrogens is 356 g/mol. The summed E-state index contributed by atoms with van der Waals surface area (Å²) in [7, 11) is -3.50. The zero-order valence-corrected chi connectivity index (χ0v) is 15.1. The van der Waals surface area contributed by atoms with Crippen LogP contribution in [0, 0.1) is 0 Å². The number of sulfonamides is 1. The molecule has 1 aliphatic rings. The molecule has 1 heterocycles. The van der Waals surface area contributed by atoms with Gasteiger partial charge >= 0.3 is 0 Å². The highest BCUT2D eigenvalue weighted by Gasteiger charge is 2.30. The van der Waals surface area contributed by atoms with Crippen LogP contribution in [0.15, 0.2) is 18.2 Å². The van der Waals surface area contributed by atoms with E-state index in [1.54, 1.807) is 0 Å². The molecule has 2 N–H and O–H groups in total. The van der Waals surface area contributed by atoms with Crippen LogP contribution in [0.1, 0.15) is 24.2 Å². The van der Waals surface area contributed by atoms with Gasteiger partial charge in [0, 0.05) is 24.7 Å². The molecular formula is C15H21ClN2O5S. The molecule has 0 aliphatic carbocycles. The van der Waals surface area contributed by atoms with Crippen molar-refractivity contribution in [3.63, 3.8) is 0 Å². The first-order chi connectivity index (χ1) is 11.2. The summed E-state index contributed by atoms with van der Waals surface area (Å²) in [5.74, 6) is -1.01. The fourth-order valence-electron chi connectivity index (χ4n) is 2.57. The van der Waals surface area contributed by atoms with Crippen molar-refractivity contribution in [2.45, 2.75) is 26.1 Å². The number of morpholine rings is 1. The number of nitrogens with one attached hydrogen (secondary N) is 1. The molecule has 0 radical (unpaired) electrons. The number of ether oxygens (including phenoxy) is 1. The van der Waals surface area contributed by atoms with Gasteiger partial charge < -0.3 is 15.2 Å². The highest BCUT2D eigenvalue weighted by atomic mass is 35.5. The zero-order valence-electron chi connectivity index (χ0n) is 13.5. The number of rotatable bonds is 5. The van der Waals surface area contributed by atoms with Gasteiger partial charge in [0.15, 0.2) is 0 Å². The first kappa shape index (κ1) is 19.0. The molecule has 9 heteroatoms. The Labute approximate surface area is 146 Å². The summed E-state index contributed by atoms with van der Waals surface area (Å²) in [5, 5.41) is 12.5. The maximum absolute atomic E-state index is 12.4. The van der Waals surface area contributed by atoms with Gasteiger partial charge in [-0.25, -0.2) is 8.42 Å². The van der Waals surface area contributed by atoms with Gasteiger partial charge in [-0.05, 0) is 32.0 Å². The number of carbonyl (C=O) groups excluding carboxylic acids is 1. The second-order valence-corrected chi connectivity index (χ2v) is 8.33. The molecule has 1 amide bonds. The molecule has 2 atom stereocenters. The van der Waals surface area contributed by atoms with Gasteiger partial charge in [0.25, 0.3) is 5.91 Å². The van der Waals surface area contributed by atoms with E-state index in [1.165, 1.54) is 22.5 Å². The first-order valence-electron chi connectivity index (χ1n) is 7.59. The van der Waals surface area contributed by atoms with E-state index < -0.39 is 15.9 Å². The SMILES string of the molecule is CC1CN(S(=O)(=O)CCNC(=O)c2cc(Cl)ccc2O)CC(C)O1. The first-order valence-corrected chi connectivity index (χ1v) is 9.58. The summed E-state index contributed by atoms with van der Waals surface area (Å²) in [4.78, 5) is 12.0. The lowest BCUT2D eigenvalue weighted by Crippen LogP contribution is -2.49. The Balaban J connectivity index is 1.93. The van der Waals surface area contributed by atoms with Crippen LogP contribution in [0.25, 0.3) is 0 Å². The Hall–Kier alpha value is -1.35. The van der Waals surface area contributed by atoms with Gasteiger partial charge in [0.05, 0.1) is 23.5 Å². The van der Waals surface area contributed by atoms with E-state index in [-0.39, 0.29) is 35.8 Å². The van der Waals surface area contributed by atoms with Crippen molar-refractivity contribution in [3.8, 4) is 5.75 Å².